The summed E-state index contributed by atoms with van der Waals surface area (Å²) in [5, 5.41) is 14.3. The standard InChI is InChI=1S/C12H22N4/c1-3-9(2)11-8-12(16-15-11)14-10-4-6-13-7-5-10/h8-10,13H,3-7H2,1-2H3,(H2,14,15,16). The van der Waals surface area contributed by atoms with Crippen LogP contribution in [0.1, 0.15) is 44.7 Å². The average Bonchev–Trinajstić information content (AvgIpc) is 2.78. The molecule has 1 atom stereocenters. The lowest BCUT2D eigenvalue weighted by Crippen LogP contribution is -2.35. The van der Waals surface area contributed by atoms with Crippen molar-refractivity contribution in [3.05, 3.63) is 11.8 Å². The predicted octanol–water partition coefficient (Wildman–Crippen LogP) is 2.09. The summed E-state index contributed by atoms with van der Waals surface area (Å²) in [6.45, 7) is 6.65. The van der Waals surface area contributed by atoms with Crippen LogP contribution < -0.4 is 10.6 Å². The highest BCUT2D eigenvalue weighted by atomic mass is 15.2. The smallest absolute Gasteiger partial charge is 0.148 e. The number of nitrogens with one attached hydrogen (secondary N) is 3. The second-order valence-corrected chi connectivity index (χ2v) is 4.69. The number of aromatic amines is 1. The van der Waals surface area contributed by atoms with Crippen LogP contribution in [0, 0.1) is 0 Å². The maximum atomic E-state index is 4.32. The first-order valence-corrected chi connectivity index (χ1v) is 6.32. The van der Waals surface area contributed by atoms with E-state index in [4.69, 9.17) is 0 Å². The van der Waals surface area contributed by atoms with E-state index < -0.39 is 0 Å². The molecule has 4 nitrogen and oxygen atoms in total. The molecule has 1 unspecified atom stereocenters. The summed E-state index contributed by atoms with van der Waals surface area (Å²) < 4.78 is 0. The number of piperidine rings is 1. The number of hydrogen-bond acceptors (Lipinski definition) is 3. The van der Waals surface area contributed by atoms with Gasteiger partial charge in [-0.3, -0.25) is 5.10 Å². The lowest BCUT2D eigenvalue weighted by molar-refractivity contribution is 0.478. The van der Waals surface area contributed by atoms with Crippen molar-refractivity contribution in [2.75, 3.05) is 18.4 Å². The zero-order valence-corrected chi connectivity index (χ0v) is 10.2. The Kier molecular flexibility index (Phi) is 3.83. The van der Waals surface area contributed by atoms with Crippen molar-refractivity contribution in [3.8, 4) is 0 Å². The fourth-order valence-electron chi connectivity index (χ4n) is 2.06. The van der Waals surface area contributed by atoms with Gasteiger partial charge in [0.15, 0.2) is 0 Å². The molecule has 1 aromatic heterocycles. The Morgan fingerprint density at radius 2 is 2.25 bits per heavy atom. The third-order valence-corrected chi connectivity index (χ3v) is 3.43. The van der Waals surface area contributed by atoms with E-state index in [0.29, 0.717) is 12.0 Å². The van der Waals surface area contributed by atoms with E-state index in [1.807, 2.05) is 0 Å². The lowest BCUT2D eigenvalue weighted by atomic mass is 10.1. The molecule has 1 saturated heterocycles. The third-order valence-electron chi connectivity index (χ3n) is 3.43. The third kappa shape index (κ3) is 2.76. The van der Waals surface area contributed by atoms with E-state index in [0.717, 1.165) is 25.3 Å². The van der Waals surface area contributed by atoms with Crippen molar-refractivity contribution >= 4 is 5.82 Å². The van der Waals surface area contributed by atoms with Gasteiger partial charge in [0.2, 0.25) is 0 Å². The Morgan fingerprint density at radius 3 is 2.94 bits per heavy atom. The second kappa shape index (κ2) is 5.34. The summed E-state index contributed by atoms with van der Waals surface area (Å²) in [5.41, 5.74) is 1.24. The minimum Gasteiger partial charge on any atom is -0.366 e. The summed E-state index contributed by atoms with van der Waals surface area (Å²) in [6.07, 6.45) is 3.52. The quantitative estimate of drug-likeness (QED) is 0.731. The van der Waals surface area contributed by atoms with E-state index in [-0.39, 0.29) is 0 Å². The van der Waals surface area contributed by atoms with Gasteiger partial charge in [-0.1, -0.05) is 13.8 Å². The molecule has 0 radical (unpaired) electrons. The van der Waals surface area contributed by atoms with E-state index >= 15 is 0 Å². The van der Waals surface area contributed by atoms with Crippen molar-refractivity contribution in [2.24, 2.45) is 0 Å². The molecule has 4 heteroatoms. The topological polar surface area (TPSA) is 52.7 Å². The molecule has 16 heavy (non-hydrogen) atoms. The van der Waals surface area contributed by atoms with Gasteiger partial charge in [-0.25, -0.2) is 0 Å². The number of nitrogens with zero attached hydrogens (tertiary/aromatic N) is 1. The van der Waals surface area contributed by atoms with Crippen LogP contribution in [0.15, 0.2) is 6.07 Å². The van der Waals surface area contributed by atoms with Crippen molar-refractivity contribution < 1.29 is 0 Å². The summed E-state index contributed by atoms with van der Waals surface area (Å²) in [5.74, 6) is 1.57. The van der Waals surface area contributed by atoms with Crippen LogP contribution in [0.2, 0.25) is 0 Å². The molecule has 0 aliphatic carbocycles. The average molecular weight is 222 g/mol. The van der Waals surface area contributed by atoms with Gasteiger partial charge in [0.05, 0.1) is 0 Å². The first kappa shape index (κ1) is 11.5. The predicted molar refractivity (Wildman–Crippen MR) is 66.8 cm³/mol. The maximum absolute atomic E-state index is 4.32. The monoisotopic (exact) mass is 222 g/mol. The van der Waals surface area contributed by atoms with Crippen molar-refractivity contribution in [1.29, 1.82) is 0 Å². The molecule has 90 valence electrons. The van der Waals surface area contributed by atoms with E-state index in [1.165, 1.54) is 18.5 Å². The molecule has 0 saturated carbocycles. The Morgan fingerprint density at radius 1 is 1.50 bits per heavy atom. The zero-order valence-electron chi connectivity index (χ0n) is 10.2. The van der Waals surface area contributed by atoms with E-state index in [2.05, 4.69) is 40.7 Å². The Balaban J connectivity index is 1.91. The van der Waals surface area contributed by atoms with Crippen LogP contribution in [0.25, 0.3) is 0 Å². The Bertz CT molecular complexity index is 315. The first-order chi connectivity index (χ1) is 7.79. The molecular weight excluding hydrogens is 200 g/mol. The number of H-pyrrole nitrogens is 1. The van der Waals surface area contributed by atoms with Crippen LogP contribution in [-0.2, 0) is 0 Å². The normalized spacial score (nSPS) is 19.6. The van der Waals surface area contributed by atoms with Crippen molar-refractivity contribution in [1.82, 2.24) is 15.5 Å². The molecular formula is C12H22N4. The zero-order chi connectivity index (χ0) is 11.4. The van der Waals surface area contributed by atoms with Gasteiger partial charge in [-0.2, -0.15) is 5.10 Å². The van der Waals surface area contributed by atoms with Gasteiger partial charge in [-0.05, 0) is 38.3 Å². The molecule has 1 fully saturated rings. The SMILES string of the molecule is CCC(C)c1cc(NC2CCNCC2)n[nH]1. The molecule has 1 aliphatic rings. The van der Waals surface area contributed by atoms with Gasteiger partial charge in [0, 0.05) is 17.8 Å². The van der Waals surface area contributed by atoms with Gasteiger partial charge < -0.3 is 10.6 Å². The van der Waals surface area contributed by atoms with Crippen LogP contribution in [0.4, 0.5) is 5.82 Å². The molecule has 2 rings (SSSR count). The lowest BCUT2D eigenvalue weighted by Gasteiger charge is -2.23. The fraction of sp³-hybridized carbons (Fsp3) is 0.750. The van der Waals surface area contributed by atoms with Crippen LogP contribution in [0.3, 0.4) is 0 Å². The highest BCUT2D eigenvalue weighted by Crippen LogP contribution is 2.19. The summed E-state index contributed by atoms with van der Waals surface area (Å²) in [7, 11) is 0. The Hall–Kier alpha value is -1.03. The molecule has 3 N–H and O–H groups in total. The number of anilines is 1. The summed E-state index contributed by atoms with van der Waals surface area (Å²) in [4.78, 5) is 0. The van der Waals surface area contributed by atoms with Gasteiger partial charge in [0.1, 0.15) is 5.82 Å². The largest absolute Gasteiger partial charge is 0.366 e. The molecule has 1 aromatic rings. The maximum Gasteiger partial charge on any atom is 0.148 e. The molecule has 0 spiro atoms. The minimum atomic E-state index is 0.566. The van der Waals surface area contributed by atoms with Gasteiger partial charge in [-0.15, -0.1) is 0 Å². The van der Waals surface area contributed by atoms with E-state index in [1.54, 1.807) is 0 Å². The summed E-state index contributed by atoms with van der Waals surface area (Å²) in [6, 6.07) is 2.73. The highest BCUT2D eigenvalue weighted by Gasteiger charge is 2.14. The number of hydrogen-bond donors (Lipinski definition) is 3. The fourth-order valence-corrected chi connectivity index (χ4v) is 2.06. The summed E-state index contributed by atoms with van der Waals surface area (Å²) >= 11 is 0. The number of rotatable bonds is 4. The van der Waals surface area contributed by atoms with Crippen LogP contribution in [0.5, 0.6) is 0 Å². The molecule has 0 amide bonds. The van der Waals surface area contributed by atoms with Crippen LogP contribution >= 0.6 is 0 Å². The molecule has 1 aliphatic heterocycles. The minimum absolute atomic E-state index is 0.566. The van der Waals surface area contributed by atoms with Crippen LogP contribution in [-0.4, -0.2) is 29.3 Å². The van der Waals surface area contributed by atoms with Crippen molar-refractivity contribution in [2.45, 2.75) is 45.1 Å². The van der Waals surface area contributed by atoms with Gasteiger partial charge in [0.25, 0.3) is 0 Å². The first-order valence-electron chi connectivity index (χ1n) is 6.32. The molecule has 2 heterocycles. The molecule has 0 aromatic carbocycles. The second-order valence-electron chi connectivity index (χ2n) is 4.69. The van der Waals surface area contributed by atoms with Gasteiger partial charge >= 0.3 is 0 Å². The highest BCUT2D eigenvalue weighted by molar-refractivity contribution is 5.37. The Labute approximate surface area is 97.2 Å². The molecule has 0 bridgehead atoms. The number of aromatic nitrogens is 2. The van der Waals surface area contributed by atoms with E-state index in [9.17, 15) is 0 Å². The van der Waals surface area contributed by atoms with Crippen molar-refractivity contribution in [3.63, 3.8) is 0 Å².